The van der Waals surface area contributed by atoms with Gasteiger partial charge >= 0.3 is 5.97 Å². The van der Waals surface area contributed by atoms with E-state index in [1.54, 1.807) is 24.3 Å². The normalized spacial score (nSPS) is 11.1. The Morgan fingerprint density at radius 1 is 1.04 bits per heavy atom. The first-order valence-electron chi connectivity index (χ1n) is 8.25. The van der Waals surface area contributed by atoms with Gasteiger partial charge in [-0.25, -0.2) is 4.79 Å². The van der Waals surface area contributed by atoms with E-state index in [0.717, 1.165) is 5.56 Å². The molecule has 7 heteroatoms. The smallest absolute Gasteiger partial charge is 0.355 e. The minimum absolute atomic E-state index is 0.0335. The highest BCUT2D eigenvalue weighted by Gasteiger charge is 2.18. The van der Waals surface area contributed by atoms with Crippen molar-refractivity contribution in [2.75, 3.05) is 0 Å². The molecule has 1 heterocycles. The third-order valence-electron chi connectivity index (χ3n) is 3.68. The summed E-state index contributed by atoms with van der Waals surface area (Å²) in [5.41, 5.74) is 0.868. The van der Waals surface area contributed by atoms with Crippen LogP contribution in [0.25, 0.3) is 6.08 Å². The van der Waals surface area contributed by atoms with Crippen molar-refractivity contribution < 1.29 is 18.7 Å². The van der Waals surface area contributed by atoms with Crippen molar-refractivity contribution in [2.45, 2.75) is 6.61 Å². The summed E-state index contributed by atoms with van der Waals surface area (Å²) >= 11 is 11.9. The molecule has 0 unspecified atom stereocenters. The van der Waals surface area contributed by atoms with Crippen LogP contribution in [0.5, 0.6) is 0 Å². The number of furan rings is 1. The van der Waals surface area contributed by atoms with E-state index in [-0.39, 0.29) is 22.9 Å². The van der Waals surface area contributed by atoms with Crippen LogP contribution < -0.4 is 5.32 Å². The fourth-order valence-corrected chi connectivity index (χ4v) is 2.83. The van der Waals surface area contributed by atoms with Crippen LogP contribution in [0.15, 0.2) is 77.0 Å². The molecular formula is C21H15Cl2NO4. The van der Waals surface area contributed by atoms with Crippen LogP contribution in [0.3, 0.4) is 0 Å². The lowest BCUT2D eigenvalue weighted by atomic mass is 10.1. The summed E-state index contributed by atoms with van der Waals surface area (Å²) in [4.78, 5) is 25.2. The molecule has 0 bridgehead atoms. The van der Waals surface area contributed by atoms with Gasteiger partial charge in [-0.2, -0.15) is 0 Å². The summed E-state index contributed by atoms with van der Waals surface area (Å²) in [7, 11) is 0. The summed E-state index contributed by atoms with van der Waals surface area (Å²) in [5.74, 6) is -0.781. The monoisotopic (exact) mass is 415 g/mol. The largest absolute Gasteiger partial charge is 0.466 e. The standard InChI is InChI=1S/C21H15Cl2NO4/c22-15-8-9-17(18(23)12-15)20(25)24-19(11-14-5-2-1-3-6-14)21(26)28-13-16-7-4-10-27-16/h1-12H,13H2,(H,24,25)/b19-11-. The van der Waals surface area contributed by atoms with Crippen LogP contribution in [0.4, 0.5) is 0 Å². The summed E-state index contributed by atoms with van der Waals surface area (Å²) in [6, 6.07) is 16.9. The van der Waals surface area contributed by atoms with E-state index < -0.39 is 11.9 Å². The number of halogens is 2. The van der Waals surface area contributed by atoms with E-state index in [4.69, 9.17) is 32.4 Å². The minimum Gasteiger partial charge on any atom is -0.466 e. The molecular weight excluding hydrogens is 401 g/mol. The van der Waals surface area contributed by atoms with Crippen molar-refractivity contribution in [3.63, 3.8) is 0 Å². The van der Waals surface area contributed by atoms with Gasteiger partial charge in [-0.05, 0) is 42.0 Å². The maximum atomic E-state index is 12.6. The van der Waals surface area contributed by atoms with Crippen LogP contribution in [-0.2, 0) is 16.1 Å². The van der Waals surface area contributed by atoms with E-state index in [1.807, 2.05) is 18.2 Å². The first-order chi connectivity index (χ1) is 13.5. The van der Waals surface area contributed by atoms with Gasteiger partial charge in [0.15, 0.2) is 0 Å². The van der Waals surface area contributed by atoms with Crippen molar-refractivity contribution in [1.29, 1.82) is 0 Å². The number of hydrogen-bond acceptors (Lipinski definition) is 4. The zero-order chi connectivity index (χ0) is 19.9. The molecule has 0 spiro atoms. The number of ether oxygens (including phenoxy) is 1. The number of hydrogen-bond donors (Lipinski definition) is 1. The average Bonchev–Trinajstić information content (AvgIpc) is 3.20. The second-order valence-electron chi connectivity index (χ2n) is 5.70. The van der Waals surface area contributed by atoms with Gasteiger partial charge in [0.1, 0.15) is 18.1 Å². The zero-order valence-corrected chi connectivity index (χ0v) is 16.0. The lowest BCUT2D eigenvalue weighted by Crippen LogP contribution is -2.28. The molecule has 0 aliphatic heterocycles. The second kappa shape index (κ2) is 9.26. The highest BCUT2D eigenvalue weighted by Crippen LogP contribution is 2.21. The van der Waals surface area contributed by atoms with Crippen LogP contribution in [-0.4, -0.2) is 11.9 Å². The molecule has 1 N–H and O–H groups in total. The summed E-state index contributed by atoms with van der Waals surface area (Å²) < 4.78 is 10.4. The Balaban J connectivity index is 1.82. The van der Waals surface area contributed by atoms with Crippen molar-refractivity contribution in [2.24, 2.45) is 0 Å². The lowest BCUT2D eigenvalue weighted by Gasteiger charge is -2.11. The fraction of sp³-hybridized carbons (Fsp3) is 0.0476. The van der Waals surface area contributed by atoms with Crippen molar-refractivity contribution in [3.05, 3.63) is 99.6 Å². The van der Waals surface area contributed by atoms with E-state index in [0.29, 0.717) is 10.8 Å². The molecule has 1 aromatic heterocycles. The van der Waals surface area contributed by atoms with Gasteiger partial charge in [0, 0.05) is 5.02 Å². The SMILES string of the molecule is O=C(OCc1ccco1)/C(=C/c1ccccc1)NC(=O)c1ccc(Cl)cc1Cl. The van der Waals surface area contributed by atoms with E-state index in [9.17, 15) is 9.59 Å². The number of amides is 1. The molecule has 0 atom stereocenters. The van der Waals surface area contributed by atoms with Gasteiger partial charge in [0.25, 0.3) is 5.91 Å². The highest BCUT2D eigenvalue weighted by molar-refractivity contribution is 6.36. The Hall–Kier alpha value is -3.02. The molecule has 0 aliphatic carbocycles. The van der Waals surface area contributed by atoms with Gasteiger partial charge in [0.05, 0.1) is 16.8 Å². The molecule has 0 radical (unpaired) electrons. The molecule has 3 aromatic rings. The number of esters is 1. The van der Waals surface area contributed by atoms with E-state index in [1.165, 1.54) is 30.5 Å². The number of carbonyl (C=O) groups is 2. The third-order valence-corrected chi connectivity index (χ3v) is 4.23. The van der Waals surface area contributed by atoms with Gasteiger partial charge in [0.2, 0.25) is 0 Å². The molecule has 0 saturated heterocycles. The Labute approximate surface area is 171 Å². The summed E-state index contributed by atoms with van der Waals surface area (Å²) in [6.45, 7) is -0.0600. The predicted octanol–water partition coefficient (Wildman–Crippen LogP) is 5.10. The topological polar surface area (TPSA) is 68.5 Å². The van der Waals surface area contributed by atoms with E-state index >= 15 is 0 Å². The van der Waals surface area contributed by atoms with E-state index in [2.05, 4.69) is 5.32 Å². The molecule has 142 valence electrons. The molecule has 0 fully saturated rings. The quantitative estimate of drug-likeness (QED) is 0.449. The average molecular weight is 416 g/mol. The molecule has 28 heavy (non-hydrogen) atoms. The van der Waals surface area contributed by atoms with Crippen LogP contribution in [0.1, 0.15) is 21.7 Å². The van der Waals surface area contributed by atoms with Crippen molar-refractivity contribution in [1.82, 2.24) is 5.32 Å². The molecule has 0 saturated carbocycles. The van der Waals surface area contributed by atoms with Crippen molar-refractivity contribution >= 4 is 41.2 Å². The van der Waals surface area contributed by atoms with Crippen LogP contribution in [0.2, 0.25) is 10.0 Å². The Morgan fingerprint density at radius 2 is 1.82 bits per heavy atom. The Bertz CT molecular complexity index is 999. The lowest BCUT2D eigenvalue weighted by molar-refractivity contribution is -0.141. The minimum atomic E-state index is -0.710. The predicted molar refractivity (Wildman–Crippen MR) is 107 cm³/mol. The summed E-state index contributed by atoms with van der Waals surface area (Å²) in [6.07, 6.45) is 3.00. The highest BCUT2D eigenvalue weighted by atomic mass is 35.5. The second-order valence-corrected chi connectivity index (χ2v) is 6.55. The first-order valence-corrected chi connectivity index (χ1v) is 9.01. The maximum Gasteiger partial charge on any atom is 0.355 e. The molecule has 0 aliphatic rings. The van der Waals surface area contributed by atoms with Crippen LogP contribution in [0, 0.1) is 0 Å². The number of nitrogens with one attached hydrogen (secondary N) is 1. The number of carbonyl (C=O) groups excluding carboxylic acids is 2. The molecule has 3 rings (SSSR count). The van der Waals surface area contributed by atoms with Gasteiger partial charge in [-0.15, -0.1) is 0 Å². The van der Waals surface area contributed by atoms with Gasteiger partial charge < -0.3 is 14.5 Å². The van der Waals surface area contributed by atoms with Gasteiger partial charge in [-0.1, -0.05) is 53.5 Å². The van der Waals surface area contributed by atoms with Crippen LogP contribution >= 0.6 is 23.2 Å². The number of benzene rings is 2. The summed E-state index contributed by atoms with van der Waals surface area (Å²) in [5, 5.41) is 3.14. The zero-order valence-electron chi connectivity index (χ0n) is 14.5. The molecule has 5 nitrogen and oxygen atoms in total. The molecule has 1 amide bonds. The fourth-order valence-electron chi connectivity index (χ4n) is 2.33. The number of rotatable bonds is 6. The van der Waals surface area contributed by atoms with Gasteiger partial charge in [-0.3, -0.25) is 4.79 Å². The maximum absolute atomic E-state index is 12.6. The van der Waals surface area contributed by atoms with Crippen molar-refractivity contribution in [3.8, 4) is 0 Å². The Kier molecular flexibility index (Phi) is 6.53. The third kappa shape index (κ3) is 5.25. The first kappa shape index (κ1) is 19.7. The molecule has 2 aromatic carbocycles. The Morgan fingerprint density at radius 3 is 2.50 bits per heavy atom.